The van der Waals surface area contributed by atoms with Crippen LogP contribution in [0.5, 0.6) is 0 Å². The summed E-state index contributed by atoms with van der Waals surface area (Å²) in [5.41, 5.74) is 4.73. The second kappa shape index (κ2) is 6.40. The van der Waals surface area contributed by atoms with E-state index in [-0.39, 0.29) is 18.4 Å². The molecule has 7 nitrogen and oxygen atoms in total. The van der Waals surface area contributed by atoms with E-state index < -0.39 is 0 Å². The van der Waals surface area contributed by atoms with Crippen LogP contribution in [0, 0.1) is 13.8 Å². The first-order chi connectivity index (χ1) is 12.5. The Morgan fingerprint density at radius 3 is 2.88 bits per heavy atom. The molecule has 3 heterocycles. The zero-order valence-electron chi connectivity index (χ0n) is 15.0. The molecule has 7 heteroatoms. The van der Waals surface area contributed by atoms with Gasteiger partial charge in [-0.05, 0) is 38.0 Å². The standard InChI is InChI=1S/C19H21N5O2/c1-12-14(7-8-18(26)23-10-9-20-17(25)11-23)13(2)24-19(21-12)15-5-3-4-6-16(15)22-24/h3-6H,7-11H2,1-2H3,(H,20,25). The molecule has 0 bridgehead atoms. The highest BCUT2D eigenvalue weighted by molar-refractivity contribution is 5.92. The maximum atomic E-state index is 12.4. The summed E-state index contributed by atoms with van der Waals surface area (Å²) >= 11 is 0. The first-order valence-electron chi connectivity index (χ1n) is 8.82. The van der Waals surface area contributed by atoms with Gasteiger partial charge in [0.25, 0.3) is 0 Å². The van der Waals surface area contributed by atoms with E-state index >= 15 is 0 Å². The first kappa shape index (κ1) is 16.5. The molecule has 0 radical (unpaired) electrons. The lowest BCUT2D eigenvalue weighted by atomic mass is 10.1. The van der Waals surface area contributed by atoms with Gasteiger partial charge in [0.15, 0.2) is 5.65 Å². The number of fused-ring (bicyclic) bond motifs is 3. The summed E-state index contributed by atoms with van der Waals surface area (Å²) in [7, 11) is 0. The Kier molecular flexibility index (Phi) is 4.06. The van der Waals surface area contributed by atoms with Crippen molar-refractivity contribution in [2.24, 2.45) is 0 Å². The summed E-state index contributed by atoms with van der Waals surface area (Å²) in [6.07, 6.45) is 0.955. The zero-order valence-corrected chi connectivity index (χ0v) is 15.0. The summed E-state index contributed by atoms with van der Waals surface area (Å²) in [6.45, 7) is 5.24. The number of piperazine rings is 1. The Bertz CT molecular complexity index is 1020. The van der Waals surface area contributed by atoms with Crippen LogP contribution < -0.4 is 5.32 Å². The number of aryl methyl sites for hydroxylation is 2. The van der Waals surface area contributed by atoms with Gasteiger partial charge >= 0.3 is 0 Å². The fourth-order valence-electron chi connectivity index (χ4n) is 3.58. The number of benzene rings is 1. The molecular weight excluding hydrogens is 330 g/mol. The van der Waals surface area contributed by atoms with Crippen molar-refractivity contribution in [1.29, 1.82) is 0 Å². The molecule has 0 atom stereocenters. The van der Waals surface area contributed by atoms with E-state index in [4.69, 9.17) is 4.98 Å². The van der Waals surface area contributed by atoms with Crippen molar-refractivity contribution in [2.45, 2.75) is 26.7 Å². The summed E-state index contributed by atoms with van der Waals surface area (Å²) in [4.78, 5) is 30.3. The van der Waals surface area contributed by atoms with Crippen LogP contribution in [0.25, 0.3) is 16.6 Å². The van der Waals surface area contributed by atoms with Gasteiger partial charge in [0.1, 0.15) is 0 Å². The van der Waals surface area contributed by atoms with Gasteiger partial charge in [-0.15, -0.1) is 0 Å². The van der Waals surface area contributed by atoms with Crippen LogP contribution in [0.4, 0.5) is 0 Å². The highest BCUT2D eigenvalue weighted by Gasteiger charge is 2.22. The Balaban J connectivity index is 1.61. The molecule has 1 fully saturated rings. The SMILES string of the molecule is Cc1nc2c3ccccc3nn2c(C)c1CCC(=O)N1CCNC(=O)C1. The second-order valence-corrected chi connectivity index (χ2v) is 6.68. The number of hydrogen-bond donors (Lipinski definition) is 1. The highest BCUT2D eigenvalue weighted by atomic mass is 16.2. The van der Waals surface area contributed by atoms with Crippen LogP contribution in [0.1, 0.15) is 23.4 Å². The number of carbonyl (C=O) groups is 2. The molecular formula is C19H21N5O2. The van der Waals surface area contributed by atoms with E-state index in [1.165, 1.54) is 0 Å². The van der Waals surface area contributed by atoms with Crippen LogP contribution in [0.3, 0.4) is 0 Å². The van der Waals surface area contributed by atoms with E-state index in [0.29, 0.717) is 25.9 Å². The molecule has 26 heavy (non-hydrogen) atoms. The van der Waals surface area contributed by atoms with Gasteiger partial charge in [0.2, 0.25) is 11.8 Å². The molecule has 0 aliphatic carbocycles. The average molecular weight is 351 g/mol. The number of nitrogens with one attached hydrogen (secondary N) is 1. The maximum absolute atomic E-state index is 12.4. The normalized spacial score (nSPS) is 14.8. The molecule has 3 aromatic rings. The van der Waals surface area contributed by atoms with Crippen molar-refractivity contribution >= 4 is 28.4 Å². The number of aromatic nitrogens is 3. The number of amides is 2. The third kappa shape index (κ3) is 2.79. The number of nitrogens with zero attached hydrogens (tertiary/aromatic N) is 4. The van der Waals surface area contributed by atoms with E-state index in [9.17, 15) is 9.59 Å². The smallest absolute Gasteiger partial charge is 0.239 e. The lowest BCUT2D eigenvalue weighted by Crippen LogP contribution is -2.50. The average Bonchev–Trinajstić information content (AvgIpc) is 3.00. The van der Waals surface area contributed by atoms with Crippen molar-refractivity contribution < 1.29 is 9.59 Å². The van der Waals surface area contributed by atoms with Gasteiger partial charge in [-0.3, -0.25) is 9.59 Å². The Labute approximate surface area is 151 Å². The molecule has 0 saturated carbocycles. The molecule has 1 aliphatic rings. The predicted molar refractivity (Wildman–Crippen MR) is 97.9 cm³/mol. The summed E-state index contributed by atoms with van der Waals surface area (Å²) < 4.78 is 1.87. The van der Waals surface area contributed by atoms with Crippen LogP contribution in [-0.4, -0.2) is 50.9 Å². The number of carbonyl (C=O) groups excluding carboxylic acids is 2. The van der Waals surface area contributed by atoms with Gasteiger partial charge in [0.05, 0.1) is 12.1 Å². The van der Waals surface area contributed by atoms with Crippen LogP contribution >= 0.6 is 0 Å². The molecule has 0 spiro atoms. The van der Waals surface area contributed by atoms with Gasteiger partial charge in [-0.1, -0.05) is 12.1 Å². The van der Waals surface area contributed by atoms with Crippen LogP contribution in [0.2, 0.25) is 0 Å². The summed E-state index contributed by atoms with van der Waals surface area (Å²) in [5.74, 6) is -0.0901. The fraction of sp³-hybridized carbons (Fsp3) is 0.368. The molecule has 1 saturated heterocycles. The predicted octanol–water partition coefficient (Wildman–Crippen LogP) is 1.39. The molecule has 1 N–H and O–H groups in total. The molecule has 0 unspecified atom stereocenters. The highest BCUT2D eigenvalue weighted by Crippen LogP contribution is 2.23. The Morgan fingerprint density at radius 2 is 2.08 bits per heavy atom. The Hall–Kier alpha value is -2.96. The maximum Gasteiger partial charge on any atom is 0.239 e. The largest absolute Gasteiger partial charge is 0.353 e. The molecule has 1 aliphatic heterocycles. The van der Waals surface area contributed by atoms with E-state index in [2.05, 4.69) is 10.4 Å². The monoisotopic (exact) mass is 351 g/mol. The van der Waals surface area contributed by atoms with E-state index in [0.717, 1.165) is 33.5 Å². The van der Waals surface area contributed by atoms with E-state index in [1.807, 2.05) is 42.6 Å². The molecule has 1 aromatic carbocycles. The van der Waals surface area contributed by atoms with Crippen molar-refractivity contribution in [3.05, 3.63) is 41.2 Å². The molecule has 134 valence electrons. The third-order valence-corrected chi connectivity index (χ3v) is 5.00. The van der Waals surface area contributed by atoms with Crippen molar-refractivity contribution in [3.8, 4) is 0 Å². The molecule has 2 aromatic heterocycles. The van der Waals surface area contributed by atoms with Crippen LogP contribution in [-0.2, 0) is 16.0 Å². The fourth-order valence-corrected chi connectivity index (χ4v) is 3.58. The quantitative estimate of drug-likeness (QED) is 0.773. The van der Waals surface area contributed by atoms with Gasteiger partial charge in [0, 0.05) is 36.3 Å². The third-order valence-electron chi connectivity index (χ3n) is 5.00. The lowest BCUT2D eigenvalue weighted by Gasteiger charge is -2.26. The topological polar surface area (TPSA) is 79.6 Å². The van der Waals surface area contributed by atoms with Gasteiger partial charge in [-0.25, -0.2) is 9.50 Å². The number of hydrogen-bond acceptors (Lipinski definition) is 4. The van der Waals surface area contributed by atoms with E-state index in [1.54, 1.807) is 4.90 Å². The Morgan fingerprint density at radius 1 is 1.27 bits per heavy atom. The second-order valence-electron chi connectivity index (χ2n) is 6.68. The van der Waals surface area contributed by atoms with Crippen molar-refractivity contribution in [2.75, 3.05) is 19.6 Å². The summed E-state index contributed by atoms with van der Waals surface area (Å²) in [6, 6.07) is 7.94. The van der Waals surface area contributed by atoms with Crippen LogP contribution in [0.15, 0.2) is 24.3 Å². The van der Waals surface area contributed by atoms with Gasteiger partial charge in [-0.2, -0.15) is 5.10 Å². The minimum atomic E-state index is -0.0942. The van der Waals surface area contributed by atoms with Crippen molar-refractivity contribution in [1.82, 2.24) is 24.8 Å². The molecule has 4 rings (SSSR count). The number of rotatable bonds is 3. The zero-order chi connectivity index (χ0) is 18.3. The van der Waals surface area contributed by atoms with Gasteiger partial charge < -0.3 is 10.2 Å². The minimum Gasteiger partial charge on any atom is -0.353 e. The lowest BCUT2D eigenvalue weighted by molar-refractivity contribution is -0.138. The summed E-state index contributed by atoms with van der Waals surface area (Å²) in [5, 5.41) is 8.41. The first-order valence-corrected chi connectivity index (χ1v) is 8.82. The molecule has 2 amide bonds. The van der Waals surface area contributed by atoms with Crippen molar-refractivity contribution in [3.63, 3.8) is 0 Å². The minimum absolute atomic E-state index is 0.00405.